The van der Waals surface area contributed by atoms with Crippen LogP contribution in [-0.4, -0.2) is 16.2 Å². The summed E-state index contributed by atoms with van der Waals surface area (Å²) in [5.41, 5.74) is 3.95. The Balaban J connectivity index is 1.59. The highest BCUT2D eigenvalue weighted by atomic mass is 16.5. The first-order valence-electron chi connectivity index (χ1n) is 10.6. The zero-order valence-electron chi connectivity index (χ0n) is 18.2. The summed E-state index contributed by atoms with van der Waals surface area (Å²) < 4.78 is 0. The van der Waals surface area contributed by atoms with Crippen LogP contribution in [0.25, 0.3) is 0 Å². The maximum Gasteiger partial charge on any atom is 0.252 e. The van der Waals surface area contributed by atoms with Crippen molar-refractivity contribution in [2.45, 2.75) is 71.8 Å². The van der Waals surface area contributed by atoms with Gasteiger partial charge in [-0.3, -0.25) is 10.0 Å². The molecule has 0 radical (unpaired) electrons. The minimum atomic E-state index is -0.423. The SMILES string of the molecule is CC1(C(=O)N(O)Cc2ccc(Nc3ccc(C(C)(C)C)cc3)cc2)CCCCC1. The second-order valence-electron chi connectivity index (χ2n) is 9.63. The third-order valence-corrected chi connectivity index (χ3v) is 6.03. The first-order valence-corrected chi connectivity index (χ1v) is 10.6. The van der Waals surface area contributed by atoms with Gasteiger partial charge in [0.2, 0.25) is 0 Å². The highest BCUT2D eigenvalue weighted by Crippen LogP contribution is 2.37. The maximum absolute atomic E-state index is 12.7. The molecular weight excluding hydrogens is 360 g/mol. The van der Waals surface area contributed by atoms with E-state index < -0.39 is 5.41 Å². The monoisotopic (exact) mass is 394 g/mol. The van der Waals surface area contributed by atoms with E-state index in [1.54, 1.807) is 0 Å². The summed E-state index contributed by atoms with van der Waals surface area (Å²) in [6.07, 6.45) is 5.03. The Hall–Kier alpha value is -2.33. The van der Waals surface area contributed by atoms with Gasteiger partial charge >= 0.3 is 0 Å². The van der Waals surface area contributed by atoms with Gasteiger partial charge in [0.15, 0.2) is 0 Å². The van der Waals surface area contributed by atoms with Crippen LogP contribution < -0.4 is 5.32 Å². The molecule has 0 saturated heterocycles. The van der Waals surface area contributed by atoms with Gasteiger partial charge in [0, 0.05) is 16.8 Å². The van der Waals surface area contributed by atoms with E-state index in [1.807, 2.05) is 31.2 Å². The number of carbonyl (C=O) groups is 1. The predicted octanol–water partition coefficient (Wildman–Crippen LogP) is 6.42. The number of hydroxylamine groups is 2. The molecule has 0 aromatic heterocycles. The minimum Gasteiger partial charge on any atom is -0.356 e. The number of nitrogens with one attached hydrogen (secondary N) is 1. The molecule has 156 valence electrons. The normalized spacial score (nSPS) is 16.3. The number of amides is 1. The van der Waals surface area contributed by atoms with Crippen molar-refractivity contribution in [2.75, 3.05) is 5.32 Å². The van der Waals surface area contributed by atoms with E-state index in [-0.39, 0.29) is 17.9 Å². The smallest absolute Gasteiger partial charge is 0.252 e. The van der Waals surface area contributed by atoms with Crippen molar-refractivity contribution >= 4 is 17.3 Å². The molecule has 0 unspecified atom stereocenters. The van der Waals surface area contributed by atoms with Gasteiger partial charge in [0.05, 0.1) is 6.54 Å². The third kappa shape index (κ3) is 5.39. The molecule has 0 spiro atoms. The van der Waals surface area contributed by atoms with Crippen LogP contribution in [0.2, 0.25) is 0 Å². The summed E-state index contributed by atoms with van der Waals surface area (Å²) in [4.78, 5) is 12.7. The second kappa shape index (κ2) is 8.58. The van der Waals surface area contributed by atoms with Gasteiger partial charge in [-0.15, -0.1) is 0 Å². The van der Waals surface area contributed by atoms with Crippen molar-refractivity contribution in [1.82, 2.24) is 5.06 Å². The van der Waals surface area contributed by atoms with Gasteiger partial charge in [0.1, 0.15) is 0 Å². The van der Waals surface area contributed by atoms with Crippen molar-refractivity contribution < 1.29 is 10.0 Å². The van der Waals surface area contributed by atoms with Gasteiger partial charge in [0.25, 0.3) is 5.91 Å². The number of hydrogen-bond donors (Lipinski definition) is 2. The quantitative estimate of drug-likeness (QED) is 0.455. The van der Waals surface area contributed by atoms with E-state index in [2.05, 4.69) is 50.4 Å². The van der Waals surface area contributed by atoms with Gasteiger partial charge in [-0.2, -0.15) is 0 Å². The van der Waals surface area contributed by atoms with Gasteiger partial charge < -0.3 is 5.32 Å². The maximum atomic E-state index is 12.7. The molecule has 2 N–H and O–H groups in total. The van der Waals surface area contributed by atoms with Crippen molar-refractivity contribution in [3.05, 3.63) is 59.7 Å². The molecule has 2 aromatic rings. The average molecular weight is 395 g/mol. The van der Waals surface area contributed by atoms with Crippen LogP contribution in [-0.2, 0) is 16.8 Å². The molecule has 0 heterocycles. The Bertz CT molecular complexity index is 813. The molecule has 1 aliphatic carbocycles. The summed E-state index contributed by atoms with van der Waals surface area (Å²) >= 11 is 0. The van der Waals surface area contributed by atoms with Crippen molar-refractivity contribution in [2.24, 2.45) is 5.41 Å². The lowest BCUT2D eigenvalue weighted by Crippen LogP contribution is -2.41. The van der Waals surface area contributed by atoms with Crippen LogP contribution in [0.5, 0.6) is 0 Å². The van der Waals surface area contributed by atoms with Gasteiger partial charge in [-0.25, -0.2) is 5.06 Å². The Kier molecular flexibility index (Phi) is 6.33. The highest BCUT2D eigenvalue weighted by molar-refractivity contribution is 5.81. The summed E-state index contributed by atoms with van der Waals surface area (Å²) in [6.45, 7) is 8.82. The van der Waals surface area contributed by atoms with Crippen LogP contribution in [0.4, 0.5) is 11.4 Å². The molecule has 1 amide bonds. The number of benzene rings is 2. The summed E-state index contributed by atoms with van der Waals surface area (Å²) in [5, 5.41) is 14.7. The average Bonchev–Trinajstić information content (AvgIpc) is 2.69. The summed E-state index contributed by atoms with van der Waals surface area (Å²) in [7, 11) is 0. The molecule has 29 heavy (non-hydrogen) atoms. The van der Waals surface area contributed by atoms with Crippen molar-refractivity contribution in [3.63, 3.8) is 0 Å². The highest BCUT2D eigenvalue weighted by Gasteiger charge is 2.37. The van der Waals surface area contributed by atoms with E-state index in [4.69, 9.17) is 0 Å². The minimum absolute atomic E-state index is 0.141. The number of nitrogens with zero attached hydrogens (tertiary/aromatic N) is 1. The molecule has 3 rings (SSSR count). The summed E-state index contributed by atoms with van der Waals surface area (Å²) in [6, 6.07) is 16.3. The van der Waals surface area contributed by atoms with E-state index in [9.17, 15) is 10.0 Å². The fourth-order valence-electron chi connectivity index (χ4n) is 4.02. The number of anilines is 2. The Morgan fingerprint density at radius 1 is 0.966 bits per heavy atom. The number of hydrogen-bond acceptors (Lipinski definition) is 3. The largest absolute Gasteiger partial charge is 0.356 e. The Morgan fingerprint density at radius 3 is 2.00 bits per heavy atom. The first kappa shape index (κ1) is 21.4. The number of rotatable bonds is 5. The lowest BCUT2D eigenvalue weighted by Gasteiger charge is -2.34. The van der Waals surface area contributed by atoms with E-state index in [0.29, 0.717) is 0 Å². The van der Waals surface area contributed by atoms with Gasteiger partial charge in [-0.1, -0.05) is 71.2 Å². The third-order valence-electron chi connectivity index (χ3n) is 6.03. The zero-order valence-corrected chi connectivity index (χ0v) is 18.2. The summed E-state index contributed by atoms with van der Waals surface area (Å²) in [5.74, 6) is -0.154. The van der Waals surface area contributed by atoms with Gasteiger partial charge in [-0.05, 0) is 53.6 Å². The second-order valence-corrected chi connectivity index (χ2v) is 9.63. The molecule has 0 bridgehead atoms. The fourth-order valence-corrected chi connectivity index (χ4v) is 4.02. The molecule has 2 aromatic carbocycles. The molecule has 4 nitrogen and oxygen atoms in total. The van der Waals surface area contributed by atoms with Crippen LogP contribution in [0, 0.1) is 5.41 Å². The molecule has 1 aliphatic rings. The Labute approximate surface area is 174 Å². The lowest BCUT2D eigenvalue weighted by molar-refractivity contribution is -0.181. The molecular formula is C25H34N2O2. The predicted molar refractivity (Wildman–Crippen MR) is 118 cm³/mol. The fraction of sp³-hybridized carbons (Fsp3) is 0.480. The van der Waals surface area contributed by atoms with Crippen molar-refractivity contribution in [1.29, 1.82) is 0 Å². The van der Waals surface area contributed by atoms with Crippen LogP contribution >= 0.6 is 0 Å². The number of carbonyl (C=O) groups excluding carboxylic acids is 1. The first-order chi connectivity index (χ1) is 13.7. The van der Waals surface area contributed by atoms with Crippen LogP contribution in [0.15, 0.2) is 48.5 Å². The van der Waals surface area contributed by atoms with E-state index >= 15 is 0 Å². The molecule has 0 aliphatic heterocycles. The lowest BCUT2D eigenvalue weighted by atomic mass is 9.75. The Morgan fingerprint density at radius 2 is 1.48 bits per heavy atom. The zero-order chi connectivity index (χ0) is 21.1. The molecule has 1 saturated carbocycles. The topological polar surface area (TPSA) is 52.6 Å². The van der Waals surface area contributed by atoms with Crippen molar-refractivity contribution in [3.8, 4) is 0 Å². The van der Waals surface area contributed by atoms with E-state index in [0.717, 1.165) is 47.7 Å². The molecule has 4 heteroatoms. The molecule has 1 fully saturated rings. The molecule has 0 atom stereocenters. The van der Waals surface area contributed by atoms with Crippen LogP contribution in [0.1, 0.15) is 70.9 Å². The standard InChI is InChI=1S/C25H34N2O2/c1-24(2,3)20-10-14-22(15-11-20)26-21-12-8-19(9-13-21)18-27(29)23(28)25(4)16-6-5-7-17-25/h8-15,26,29H,5-7,16-18H2,1-4H3. The van der Waals surface area contributed by atoms with E-state index in [1.165, 1.54) is 12.0 Å². The van der Waals surface area contributed by atoms with Crippen LogP contribution in [0.3, 0.4) is 0 Å².